The highest BCUT2D eigenvalue weighted by Crippen LogP contribution is 2.43. The molecule has 0 bridgehead atoms. The van der Waals surface area contributed by atoms with E-state index in [2.05, 4.69) is 0 Å². The third kappa shape index (κ3) is 10.2. The first kappa shape index (κ1) is 23.3. The standard InChI is InChI=1S/C10H18O2S2.C7H12O3/c1-9(2,3)12-8(11)10(4)13-6-5-7-14-10;1-5(8)6(9)10-7(2,3)4/h5-7H2,1-4H3;1-4H3. The summed E-state index contributed by atoms with van der Waals surface area (Å²) < 4.78 is 9.73. The van der Waals surface area contributed by atoms with Crippen LogP contribution in [0.1, 0.15) is 61.8 Å². The minimum atomic E-state index is -0.771. The lowest BCUT2D eigenvalue weighted by atomic mass is 10.2. The zero-order valence-electron chi connectivity index (χ0n) is 16.0. The summed E-state index contributed by atoms with van der Waals surface area (Å²) in [5.74, 6) is 0.702. The summed E-state index contributed by atoms with van der Waals surface area (Å²) in [5, 5.41) is 0. The molecule has 24 heavy (non-hydrogen) atoms. The van der Waals surface area contributed by atoms with Crippen molar-refractivity contribution in [1.29, 1.82) is 0 Å². The first-order chi connectivity index (χ1) is 10.7. The summed E-state index contributed by atoms with van der Waals surface area (Å²) in [5.41, 5.74) is -0.943. The number of carbonyl (C=O) groups excluding carboxylic acids is 3. The van der Waals surface area contributed by atoms with Gasteiger partial charge in [0.15, 0.2) is 4.08 Å². The Balaban J connectivity index is 0.000000470. The van der Waals surface area contributed by atoms with Gasteiger partial charge in [-0.15, -0.1) is 23.5 Å². The molecular weight excluding hydrogens is 348 g/mol. The third-order valence-corrected chi connectivity index (χ3v) is 5.63. The van der Waals surface area contributed by atoms with E-state index in [1.54, 1.807) is 44.3 Å². The van der Waals surface area contributed by atoms with Crippen molar-refractivity contribution in [2.45, 2.75) is 77.1 Å². The fourth-order valence-corrected chi connectivity index (χ4v) is 4.16. The smallest absolute Gasteiger partial charge is 0.374 e. The molecule has 0 radical (unpaired) electrons. The molecule has 0 N–H and O–H groups in total. The Morgan fingerprint density at radius 2 is 1.29 bits per heavy atom. The van der Waals surface area contributed by atoms with Gasteiger partial charge in [0, 0.05) is 6.92 Å². The number of ether oxygens (including phenoxy) is 2. The molecule has 7 heteroatoms. The van der Waals surface area contributed by atoms with Crippen LogP contribution in [-0.2, 0) is 23.9 Å². The number of carbonyl (C=O) groups is 3. The van der Waals surface area contributed by atoms with Gasteiger partial charge in [-0.1, -0.05) is 0 Å². The van der Waals surface area contributed by atoms with Gasteiger partial charge in [0.05, 0.1) is 0 Å². The van der Waals surface area contributed by atoms with Crippen LogP contribution in [0.15, 0.2) is 0 Å². The summed E-state index contributed by atoms with van der Waals surface area (Å²) in [6, 6.07) is 0. The van der Waals surface area contributed by atoms with Gasteiger partial charge in [-0.3, -0.25) is 4.79 Å². The van der Waals surface area contributed by atoms with Gasteiger partial charge in [-0.25, -0.2) is 9.59 Å². The number of esters is 2. The molecule has 0 unspecified atom stereocenters. The van der Waals surface area contributed by atoms with Crippen LogP contribution >= 0.6 is 23.5 Å². The molecule has 1 aliphatic heterocycles. The van der Waals surface area contributed by atoms with Crippen LogP contribution in [0.3, 0.4) is 0 Å². The van der Waals surface area contributed by atoms with E-state index < -0.39 is 17.4 Å². The summed E-state index contributed by atoms with van der Waals surface area (Å²) in [7, 11) is 0. The van der Waals surface area contributed by atoms with Crippen LogP contribution in [0.4, 0.5) is 0 Å². The average molecular weight is 379 g/mol. The summed E-state index contributed by atoms with van der Waals surface area (Å²) in [6.45, 7) is 14.0. The van der Waals surface area contributed by atoms with Gasteiger partial charge in [-0.2, -0.15) is 0 Å². The van der Waals surface area contributed by atoms with Crippen molar-refractivity contribution >= 4 is 41.2 Å². The molecule has 1 rings (SSSR count). The molecule has 0 aromatic heterocycles. The molecule has 1 fully saturated rings. The Morgan fingerprint density at radius 3 is 1.58 bits per heavy atom. The van der Waals surface area contributed by atoms with Crippen LogP contribution in [0.2, 0.25) is 0 Å². The highest BCUT2D eigenvalue weighted by atomic mass is 32.2. The Labute approximate surface area is 154 Å². The van der Waals surface area contributed by atoms with Crippen molar-refractivity contribution in [3.8, 4) is 0 Å². The van der Waals surface area contributed by atoms with E-state index in [9.17, 15) is 14.4 Å². The Morgan fingerprint density at radius 1 is 0.875 bits per heavy atom. The molecule has 140 valence electrons. The van der Waals surface area contributed by atoms with Crippen molar-refractivity contribution in [3.63, 3.8) is 0 Å². The predicted octanol–water partition coefficient (Wildman–Crippen LogP) is 3.83. The van der Waals surface area contributed by atoms with Crippen molar-refractivity contribution in [2.24, 2.45) is 0 Å². The maximum Gasteiger partial charge on any atom is 0.374 e. The van der Waals surface area contributed by atoms with Crippen LogP contribution in [0.25, 0.3) is 0 Å². The minimum Gasteiger partial charge on any atom is -0.458 e. The van der Waals surface area contributed by atoms with Crippen molar-refractivity contribution < 1.29 is 23.9 Å². The maximum atomic E-state index is 11.9. The number of thioether (sulfide) groups is 2. The molecule has 0 saturated carbocycles. The number of rotatable bonds is 2. The molecule has 1 heterocycles. The molecule has 0 aromatic carbocycles. The fourth-order valence-electron chi connectivity index (χ4n) is 1.47. The number of Topliss-reactive ketones (excluding diaryl/α,β-unsaturated/α-hetero) is 1. The quantitative estimate of drug-likeness (QED) is 0.534. The van der Waals surface area contributed by atoms with Gasteiger partial charge < -0.3 is 9.47 Å². The second-order valence-corrected chi connectivity index (χ2v) is 10.8. The molecular formula is C17H30O5S2. The van der Waals surface area contributed by atoms with Crippen LogP contribution in [0, 0.1) is 0 Å². The van der Waals surface area contributed by atoms with E-state index in [0.29, 0.717) is 0 Å². The highest BCUT2D eigenvalue weighted by Gasteiger charge is 2.39. The Kier molecular flexibility index (Phi) is 8.87. The van der Waals surface area contributed by atoms with E-state index in [-0.39, 0.29) is 15.6 Å². The van der Waals surface area contributed by atoms with Crippen molar-refractivity contribution in [3.05, 3.63) is 0 Å². The normalized spacial score (nSPS) is 17.2. The van der Waals surface area contributed by atoms with Gasteiger partial charge >= 0.3 is 11.9 Å². The molecule has 0 aliphatic carbocycles. The van der Waals surface area contributed by atoms with Gasteiger partial charge in [0.1, 0.15) is 11.2 Å². The molecule has 0 aromatic rings. The topological polar surface area (TPSA) is 69.7 Å². The predicted molar refractivity (Wildman–Crippen MR) is 100 cm³/mol. The molecule has 0 atom stereocenters. The lowest BCUT2D eigenvalue weighted by Gasteiger charge is -2.32. The van der Waals surface area contributed by atoms with Gasteiger partial charge in [0.25, 0.3) is 0 Å². The number of hydrogen-bond donors (Lipinski definition) is 0. The lowest BCUT2D eigenvalue weighted by molar-refractivity contribution is -0.161. The van der Waals surface area contributed by atoms with E-state index >= 15 is 0 Å². The highest BCUT2D eigenvalue weighted by molar-refractivity contribution is 8.19. The fraction of sp³-hybridized carbons (Fsp3) is 0.824. The first-order valence-electron chi connectivity index (χ1n) is 7.91. The minimum absolute atomic E-state index is 0.0836. The zero-order valence-corrected chi connectivity index (χ0v) is 17.6. The van der Waals surface area contributed by atoms with Crippen molar-refractivity contribution in [2.75, 3.05) is 11.5 Å². The summed E-state index contributed by atoms with van der Waals surface area (Å²) in [6.07, 6.45) is 1.19. The first-order valence-corrected chi connectivity index (χ1v) is 9.89. The monoisotopic (exact) mass is 378 g/mol. The van der Waals surface area contributed by atoms with Crippen LogP contribution in [-0.4, -0.2) is 44.5 Å². The van der Waals surface area contributed by atoms with Crippen LogP contribution < -0.4 is 0 Å². The molecule has 0 amide bonds. The van der Waals surface area contributed by atoms with Crippen molar-refractivity contribution in [1.82, 2.24) is 0 Å². The van der Waals surface area contributed by atoms with E-state index in [1.165, 1.54) is 13.3 Å². The second-order valence-electron chi connectivity index (χ2n) is 7.56. The van der Waals surface area contributed by atoms with Crippen LogP contribution in [0.5, 0.6) is 0 Å². The van der Waals surface area contributed by atoms with E-state index in [1.807, 2.05) is 27.7 Å². The second kappa shape index (κ2) is 9.13. The number of hydrogen-bond acceptors (Lipinski definition) is 7. The zero-order chi connectivity index (χ0) is 19.2. The largest absolute Gasteiger partial charge is 0.458 e. The molecule has 5 nitrogen and oxygen atoms in total. The summed E-state index contributed by atoms with van der Waals surface area (Å²) in [4.78, 5) is 32.8. The Bertz CT molecular complexity index is 455. The molecule has 0 spiro atoms. The third-order valence-electron chi connectivity index (χ3n) is 2.50. The van der Waals surface area contributed by atoms with Gasteiger partial charge in [-0.05, 0) is 66.4 Å². The molecule has 1 aliphatic rings. The van der Waals surface area contributed by atoms with E-state index in [4.69, 9.17) is 9.47 Å². The molecule has 1 saturated heterocycles. The SMILES string of the molecule is CC(=O)C(=O)OC(C)(C)C.CC(C)(C)OC(=O)C1(C)SCCCS1. The van der Waals surface area contributed by atoms with E-state index in [0.717, 1.165) is 11.5 Å². The lowest BCUT2D eigenvalue weighted by Crippen LogP contribution is -2.38. The number of ketones is 1. The van der Waals surface area contributed by atoms with Gasteiger partial charge in [0.2, 0.25) is 5.78 Å². The maximum absolute atomic E-state index is 11.9. The Hall–Kier alpha value is -0.690. The summed E-state index contributed by atoms with van der Waals surface area (Å²) >= 11 is 3.41. The average Bonchev–Trinajstić information content (AvgIpc) is 2.36.